The first kappa shape index (κ1) is 80.9. The van der Waals surface area contributed by atoms with Crippen molar-refractivity contribution >= 4 is 11.9 Å². The molecule has 85 heavy (non-hydrogen) atoms. The molecule has 0 aromatic heterocycles. The van der Waals surface area contributed by atoms with Gasteiger partial charge in [-0.05, 0) is 57.8 Å². The molecule has 1 heterocycles. The summed E-state index contributed by atoms with van der Waals surface area (Å²) in [6.07, 6.45) is 66.3. The summed E-state index contributed by atoms with van der Waals surface area (Å²) in [5, 5.41) is 57.2. The van der Waals surface area contributed by atoms with Gasteiger partial charge in [0.2, 0.25) is 5.91 Å². The Balaban J connectivity index is 2.52. The van der Waals surface area contributed by atoms with E-state index >= 15 is 0 Å². The van der Waals surface area contributed by atoms with Crippen LogP contribution in [-0.2, 0) is 23.8 Å². The van der Waals surface area contributed by atoms with Gasteiger partial charge in [0.25, 0.3) is 0 Å². The van der Waals surface area contributed by atoms with Crippen LogP contribution in [0.25, 0.3) is 0 Å². The predicted molar refractivity (Wildman–Crippen MR) is 357 cm³/mol. The fourth-order valence-corrected chi connectivity index (χ4v) is 11.7. The molecule has 500 valence electrons. The molecule has 1 rings (SSSR count). The number of ether oxygens (including phenoxy) is 3. The van der Waals surface area contributed by atoms with E-state index < -0.39 is 67.4 Å². The molecule has 11 heteroatoms. The van der Waals surface area contributed by atoms with Crippen LogP contribution in [0.5, 0.6) is 0 Å². The third kappa shape index (κ3) is 49.4. The van der Waals surface area contributed by atoms with Crippen molar-refractivity contribution in [3.63, 3.8) is 0 Å². The molecule has 1 aliphatic rings. The van der Waals surface area contributed by atoms with Crippen LogP contribution in [0.1, 0.15) is 361 Å². The van der Waals surface area contributed by atoms with Gasteiger partial charge in [0.15, 0.2) is 12.4 Å². The number of allylic oxidation sites excluding steroid dienone is 5. The molecule has 0 bridgehead atoms. The van der Waals surface area contributed by atoms with Gasteiger partial charge in [-0.2, -0.15) is 0 Å². The minimum atomic E-state index is -1.61. The number of carbonyl (C=O) groups is 2. The van der Waals surface area contributed by atoms with Crippen LogP contribution in [0.4, 0.5) is 0 Å². The van der Waals surface area contributed by atoms with Crippen LogP contribution in [-0.4, -0.2) is 99.6 Å². The maximum absolute atomic E-state index is 13.5. The first-order valence-electron chi connectivity index (χ1n) is 36.8. The highest BCUT2D eigenvalue weighted by Crippen LogP contribution is 2.27. The third-order valence-corrected chi connectivity index (χ3v) is 17.5. The largest absolute Gasteiger partial charge is 0.454 e. The SMILES string of the molecule is CCCCC/C=C\C/C=C\CCCCCCCCCCCCCC(=O)OC1C(OCC(NC(=O)C(O)CCCCCCCCCCCCCCCCCCCCCCCCCC)C(O)/C=C/CCCCCCCCCCC)OC(CO)C(O)C1O. The van der Waals surface area contributed by atoms with E-state index in [2.05, 4.69) is 50.4 Å². The fraction of sp³-hybridized carbons (Fsp3) is 0.892. The van der Waals surface area contributed by atoms with Crippen molar-refractivity contribution in [2.75, 3.05) is 13.2 Å². The average molecular weight is 1200 g/mol. The Hall–Kier alpha value is -2.12. The van der Waals surface area contributed by atoms with Crippen LogP contribution in [0.2, 0.25) is 0 Å². The van der Waals surface area contributed by atoms with Gasteiger partial charge in [-0.15, -0.1) is 0 Å². The Morgan fingerprint density at radius 1 is 0.459 bits per heavy atom. The van der Waals surface area contributed by atoms with Crippen LogP contribution < -0.4 is 5.32 Å². The Kier molecular flexibility index (Phi) is 59.1. The number of rotatable bonds is 64. The molecule has 0 aliphatic carbocycles. The Bertz CT molecular complexity index is 1520. The van der Waals surface area contributed by atoms with E-state index in [0.717, 1.165) is 64.2 Å². The zero-order valence-electron chi connectivity index (χ0n) is 55.8. The maximum Gasteiger partial charge on any atom is 0.306 e. The van der Waals surface area contributed by atoms with Gasteiger partial charge in [-0.25, -0.2) is 0 Å². The number of amides is 1. The first-order valence-corrected chi connectivity index (χ1v) is 36.8. The number of nitrogens with one attached hydrogen (secondary N) is 1. The molecule has 11 nitrogen and oxygen atoms in total. The lowest BCUT2D eigenvalue weighted by atomic mass is 9.99. The number of aliphatic hydroxyl groups excluding tert-OH is 5. The Labute approximate surface area is 523 Å². The van der Waals surface area contributed by atoms with Gasteiger partial charge in [-0.3, -0.25) is 9.59 Å². The van der Waals surface area contributed by atoms with Crippen LogP contribution >= 0.6 is 0 Å². The molecule has 1 fully saturated rings. The Morgan fingerprint density at radius 2 is 0.812 bits per heavy atom. The van der Waals surface area contributed by atoms with E-state index in [9.17, 15) is 35.1 Å². The predicted octanol–water partition coefficient (Wildman–Crippen LogP) is 19.0. The van der Waals surface area contributed by atoms with E-state index in [1.54, 1.807) is 6.08 Å². The molecular formula is C74H139NO10. The van der Waals surface area contributed by atoms with Gasteiger partial charge >= 0.3 is 5.97 Å². The summed E-state index contributed by atoms with van der Waals surface area (Å²) in [5.74, 6) is -1.18. The molecule has 1 aliphatic heterocycles. The highest BCUT2D eigenvalue weighted by Gasteiger charge is 2.47. The summed E-state index contributed by atoms with van der Waals surface area (Å²) >= 11 is 0. The molecule has 1 amide bonds. The molecule has 0 radical (unpaired) electrons. The minimum absolute atomic E-state index is 0.124. The number of esters is 1. The summed E-state index contributed by atoms with van der Waals surface area (Å²) in [6, 6.07) is -1.02. The number of hydrogen-bond donors (Lipinski definition) is 6. The molecule has 0 spiro atoms. The highest BCUT2D eigenvalue weighted by atomic mass is 16.7. The summed E-state index contributed by atoms with van der Waals surface area (Å²) < 4.78 is 17.7. The summed E-state index contributed by atoms with van der Waals surface area (Å²) in [5.41, 5.74) is 0. The summed E-state index contributed by atoms with van der Waals surface area (Å²) in [7, 11) is 0. The van der Waals surface area contributed by atoms with Crippen molar-refractivity contribution < 1.29 is 49.3 Å². The van der Waals surface area contributed by atoms with Crippen LogP contribution in [0.3, 0.4) is 0 Å². The van der Waals surface area contributed by atoms with E-state index in [1.165, 1.54) is 250 Å². The van der Waals surface area contributed by atoms with Crippen molar-refractivity contribution in [2.45, 2.75) is 410 Å². The van der Waals surface area contributed by atoms with Crippen molar-refractivity contribution in [2.24, 2.45) is 0 Å². The molecule has 1 saturated heterocycles. The molecule has 6 N–H and O–H groups in total. The van der Waals surface area contributed by atoms with Gasteiger partial charge in [-0.1, -0.05) is 333 Å². The normalized spacial score (nSPS) is 18.5. The maximum atomic E-state index is 13.5. The minimum Gasteiger partial charge on any atom is -0.454 e. The van der Waals surface area contributed by atoms with Crippen molar-refractivity contribution in [1.82, 2.24) is 5.32 Å². The van der Waals surface area contributed by atoms with Crippen molar-refractivity contribution in [3.05, 3.63) is 36.5 Å². The van der Waals surface area contributed by atoms with Gasteiger partial charge in [0.05, 0.1) is 25.4 Å². The topological polar surface area (TPSA) is 175 Å². The monoisotopic (exact) mass is 1200 g/mol. The average Bonchev–Trinajstić information content (AvgIpc) is 2.91. The summed E-state index contributed by atoms with van der Waals surface area (Å²) in [6.45, 7) is 5.82. The zero-order valence-corrected chi connectivity index (χ0v) is 55.8. The number of unbranched alkanes of at least 4 members (excludes halogenated alkanes) is 46. The number of hydrogen-bond acceptors (Lipinski definition) is 10. The molecule has 0 saturated carbocycles. The van der Waals surface area contributed by atoms with Crippen molar-refractivity contribution in [1.29, 1.82) is 0 Å². The lowest BCUT2D eigenvalue weighted by Gasteiger charge is -2.41. The molecular weight excluding hydrogens is 1060 g/mol. The fourth-order valence-electron chi connectivity index (χ4n) is 11.7. The molecule has 8 unspecified atom stereocenters. The smallest absolute Gasteiger partial charge is 0.306 e. The van der Waals surface area contributed by atoms with Crippen molar-refractivity contribution in [3.8, 4) is 0 Å². The van der Waals surface area contributed by atoms with Gasteiger partial charge in [0.1, 0.15) is 24.4 Å². The molecule has 0 aromatic carbocycles. The van der Waals surface area contributed by atoms with E-state index in [0.29, 0.717) is 19.3 Å². The lowest BCUT2D eigenvalue weighted by Crippen LogP contribution is -2.61. The second-order valence-electron chi connectivity index (χ2n) is 25.7. The second kappa shape index (κ2) is 62.1. The number of aliphatic hydroxyl groups is 5. The molecule has 0 aromatic rings. The summed E-state index contributed by atoms with van der Waals surface area (Å²) in [4.78, 5) is 26.7. The van der Waals surface area contributed by atoms with E-state index in [1.807, 2.05) is 6.08 Å². The first-order chi connectivity index (χ1) is 41.7. The Morgan fingerprint density at radius 3 is 1.22 bits per heavy atom. The molecule has 8 atom stereocenters. The van der Waals surface area contributed by atoms with E-state index in [-0.39, 0.29) is 13.0 Å². The van der Waals surface area contributed by atoms with Gasteiger partial charge < -0.3 is 45.1 Å². The highest BCUT2D eigenvalue weighted by molar-refractivity contribution is 5.80. The second-order valence-corrected chi connectivity index (χ2v) is 25.7. The lowest BCUT2D eigenvalue weighted by molar-refractivity contribution is -0.305. The quantitative estimate of drug-likeness (QED) is 0.0195. The van der Waals surface area contributed by atoms with E-state index in [4.69, 9.17) is 14.2 Å². The van der Waals surface area contributed by atoms with Gasteiger partial charge in [0, 0.05) is 6.42 Å². The number of carbonyl (C=O) groups excluding carboxylic acids is 2. The van der Waals surface area contributed by atoms with Crippen LogP contribution in [0, 0.1) is 0 Å². The standard InChI is InChI=1S/C74H139NO10/c1-4-7-10-13-16-19-22-24-26-28-30-32-33-34-36-37-39-41-43-46-49-52-55-58-61-67(78)73(82)75-65(66(77)60-57-54-51-48-45-21-18-15-12-9-6-3)64-83-74-72(71(81)70(80)68(63-76)84-74)85-69(79)62-59-56-53-50-47-44-42-40-38-35-31-29-27-25-23-20-17-14-11-8-5-2/h17,20,25,27,57,60,65-68,70-72,74,76-78,80-81H,4-16,18-19,21-24,26,28-56,58-59,61-64H2,1-3H3,(H,75,82)/b20-17-,27-25-,60-57+. The van der Waals surface area contributed by atoms with Crippen LogP contribution in [0.15, 0.2) is 36.5 Å². The third-order valence-electron chi connectivity index (χ3n) is 17.5. The zero-order chi connectivity index (χ0) is 61.7.